The van der Waals surface area contributed by atoms with Crippen molar-refractivity contribution in [1.29, 1.82) is 0 Å². The van der Waals surface area contributed by atoms with E-state index in [9.17, 15) is 4.79 Å². The first-order chi connectivity index (χ1) is 12.2. The minimum atomic E-state index is -0.00408. The van der Waals surface area contributed by atoms with Gasteiger partial charge in [-0.25, -0.2) is 4.98 Å². The maximum absolute atomic E-state index is 12.5. The lowest BCUT2D eigenvalue weighted by Gasteiger charge is -2.27. The predicted molar refractivity (Wildman–Crippen MR) is 99.3 cm³/mol. The van der Waals surface area contributed by atoms with Gasteiger partial charge in [0.05, 0.1) is 5.56 Å². The van der Waals surface area contributed by atoms with Gasteiger partial charge in [0.2, 0.25) is 0 Å². The molecule has 1 amide bonds. The molecule has 0 unspecified atom stereocenters. The Morgan fingerprint density at radius 1 is 1.28 bits per heavy atom. The molecule has 6 heteroatoms. The molecule has 25 heavy (non-hydrogen) atoms. The summed E-state index contributed by atoms with van der Waals surface area (Å²) < 4.78 is 2.02. The molecule has 1 fully saturated rings. The van der Waals surface area contributed by atoms with Crippen LogP contribution in [-0.4, -0.2) is 59.6 Å². The molecule has 1 saturated heterocycles. The van der Waals surface area contributed by atoms with Crippen molar-refractivity contribution in [2.24, 2.45) is 0 Å². The number of nitrogens with one attached hydrogen (secondary N) is 2. The van der Waals surface area contributed by atoms with E-state index in [1.54, 1.807) is 6.20 Å². The molecule has 0 saturated carbocycles. The molecule has 2 aromatic rings. The number of pyridine rings is 1. The van der Waals surface area contributed by atoms with Gasteiger partial charge in [-0.1, -0.05) is 6.07 Å². The molecule has 0 bridgehead atoms. The lowest BCUT2D eigenvalue weighted by atomic mass is 10.2. The fraction of sp³-hybridized carbons (Fsp3) is 0.474. The van der Waals surface area contributed by atoms with Crippen molar-refractivity contribution in [2.45, 2.75) is 20.3 Å². The fourth-order valence-electron chi connectivity index (χ4n) is 3.37. The smallest absolute Gasteiger partial charge is 0.253 e. The van der Waals surface area contributed by atoms with Gasteiger partial charge in [-0.15, -0.1) is 0 Å². The van der Waals surface area contributed by atoms with Crippen molar-refractivity contribution in [1.82, 2.24) is 25.1 Å². The molecule has 3 rings (SSSR count). The third-order valence-electron chi connectivity index (χ3n) is 4.70. The summed E-state index contributed by atoms with van der Waals surface area (Å²) in [6.45, 7) is 10.0. The van der Waals surface area contributed by atoms with Gasteiger partial charge in [0, 0.05) is 50.3 Å². The van der Waals surface area contributed by atoms with Crippen LogP contribution in [0.2, 0.25) is 0 Å². The Kier molecular flexibility index (Phi) is 5.83. The lowest BCUT2D eigenvalue weighted by molar-refractivity contribution is 0.0950. The molecular weight excluding hydrogens is 314 g/mol. The van der Waals surface area contributed by atoms with Gasteiger partial charge in [0.1, 0.15) is 5.82 Å². The summed E-state index contributed by atoms with van der Waals surface area (Å²) in [5.41, 5.74) is 2.67. The number of aromatic nitrogens is 2. The number of amides is 1. The summed E-state index contributed by atoms with van der Waals surface area (Å²) in [4.78, 5) is 19.4. The number of hydrogen-bond donors (Lipinski definition) is 2. The Balaban J connectivity index is 1.57. The van der Waals surface area contributed by atoms with Gasteiger partial charge in [0.25, 0.3) is 5.91 Å². The molecule has 0 aliphatic carbocycles. The molecule has 1 aliphatic rings. The molecule has 134 valence electrons. The van der Waals surface area contributed by atoms with E-state index in [2.05, 4.69) is 20.5 Å². The van der Waals surface area contributed by atoms with Crippen LogP contribution in [0.3, 0.4) is 0 Å². The number of nitrogens with zero attached hydrogens (tertiary/aromatic N) is 3. The van der Waals surface area contributed by atoms with E-state index in [-0.39, 0.29) is 5.91 Å². The van der Waals surface area contributed by atoms with Gasteiger partial charge in [-0.3, -0.25) is 4.79 Å². The highest BCUT2D eigenvalue weighted by atomic mass is 16.1. The third-order valence-corrected chi connectivity index (χ3v) is 4.70. The molecule has 3 heterocycles. The van der Waals surface area contributed by atoms with Crippen molar-refractivity contribution in [2.75, 3.05) is 39.3 Å². The average molecular weight is 341 g/mol. The molecule has 2 aromatic heterocycles. The third kappa shape index (κ3) is 4.27. The molecule has 0 spiro atoms. The standard InChI is InChI=1S/C19H27N5O/c1-15-14-17(16(2)24(15)18-6-3-4-7-21-18)19(25)22-8-5-11-23-12-9-20-10-13-23/h3-4,6-7,14,20H,5,8-13H2,1-2H3,(H,22,25). The second-order valence-corrected chi connectivity index (χ2v) is 6.51. The average Bonchev–Trinajstić information content (AvgIpc) is 2.94. The Hall–Kier alpha value is -2.18. The van der Waals surface area contributed by atoms with E-state index < -0.39 is 0 Å². The maximum atomic E-state index is 12.5. The Bertz CT molecular complexity index is 704. The molecule has 1 aliphatic heterocycles. The monoisotopic (exact) mass is 341 g/mol. The van der Waals surface area contributed by atoms with Crippen LogP contribution in [0.5, 0.6) is 0 Å². The quantitative estimate of drug-likeness (QED) is 0.782. The number of hydrogen-bond acceptors (Lipinski definition) is 4. The lowest BCUT2D eigenvalue weighted by Crippen LogP contribution is -2.44. The molecule has 0 atom stereocenters. The van der Waals surface area contributed by atoms with Crippen LogP contribution in [-0.2, 0) is 0 Å². The Morgan fingerprint density at radius 2 is 2.08 bits per heavy atom. The largest absolute Gasteiger partial charge is 0.352 e. The number of piperazine rings is 1. The van der Waals surface area contributed by atoms with Crippen LogP contribution in [0.25, 0.3) is 5.82 Å². The zero-order valence-corrected chi connectivity index (χ0v) is 15.1. The van der Waals surface area contributed by atoms with Crippen LogP contribution >= 0.6 is 0 Å². The van der Waals surface area contributed by atoms with Gasteiger partial charge in [0.15, 0.2) is 0 Å². The van der Waals surface area contributed by atoms with E-state index in [4.69, 9.17) is 0 Å². The van der Waals surface area contributed by atoms with Crippen LogP contribution in [0.4, 0.5) is 0 Å². The minimum absolute atomic E-state index is 0.00408. The molecule has 2 N–H and O–H groups in total. The van der Waals surface area contributed by atoms with E-state index in [0.717, 1.165) is 61.9 Å². The van der Waals surface area contributed by atoms with Crippen LogP contribution in [0.15, 0.2) is 30.5 Å². The summed E-state index contributed by atoms with van der Waals surface area (Å²) >= 11 is 0. The van der Waals surface area contributed by atoms with Crippen LogP contribution < -0.4 is 10.6 Å². The predicted octanol–water partition coefficient (Wildman–Crippen LogP) is 1.51. The number of carbonyl (C=O) groups excluding carboxylic acids is 1. The summed E-state index contributed by atoms with van der Waals surface area (Å²) in [6, 6.07) is 7.74. The second-order valence-electron chi connectivity index (χ2n) is 6.51. The van der Waals surface area contributed by atoms with Crippen molar-refractivity contribution < 1.29 is 4.79 Å². The van der Waals surface area contributed by atoms with Gasteiger partial charge in [-0.2, -0.15) is 0 Å². The van der Waals surface area contributed by atoms with Gasteiger partial charge < -0.3 is 20.1 Å². The first-order valence-corrected chi connectivity index (χ1v) is 8.98. The SMILES string of the molecule is Cc1cc(C(=O)NCCCN2CCNCC2)c(C)n1-c1ccccn1. The molecular formula is C19H27N5O. The van der Waals surface area contributed by atoms with E-state index >= 15 is 0 Å². The fourth-order valence-corrected chi connectivity index (χ4v) is 3.37. The molecule has 0 radical (unpaired) electrons. The highest BCUT2D eigenvalue weighted by molar-refractivity contribution is 5.95. The van der Waals surface area contributed by atoms with E-state index in [0.29, 0.717) is 6.54 Å². The van der Waals surface area contributed by atoms with E-state index in [1.165, 1.54) is 0 Å². The summed E-state index contributed by atoms with van der Waals surface area (Å²) in [6.07, 6.45) is 2.74. The van der Waals surface area contributed by atoms with Crippen molar-refractivity contribution in [3.8, 4) is 5.82 Å². The number of aryl methyl sites for hydroxylation is 1. The van der Waals surface area contributed by atoms with Crippen molar-refractivity contribution in [3.05, 3.63) is 47.4 Å². The first-order valence-electron chi connectivity index (χ1n) is 8.98. The summed E-state index contributed by atoms with van der Waals surface area (Å²) in [5, 5.41) is 6.41. The second kappa shape index (κ2) is 8.27. The zero-order valence-electron chi connectivity index (χ0n) is 15.1. The van der Waals surface area contributed by atoms with Gasteiger partial charge >= 0.3 is 0 Å². The Morgan fingerprint density at radius 3 is 2.80 bits per heavy atom. The summed E-state index contributed by atoms with van der Waals surface area (Å²) in [5.74, 6) is 0.839. The normalized spacial score (nSPS) is 15.3. The van der Waals surface area contributed by atoms with E-state index in [1.807, 2.05) is 42.7 Å². The molecule has 0 aromatic carbocycles. The first kappa shape index (κ1) is 17.6. The molecule has 6 nitrogen and oxygen atoms in total. The maximum Gasteiger partial charge on any atom is 0.253 e. The minimum Gasteiger partial charge on any atom is -0.352 e. The highest BCUT2D eigenvalue weighted by Crippen LogP contribution is 2.19. The van der Waals surface area contributed by atoms with Gasteiger partial charge in [-0.05, 0) is 45.0 Å². The van der Waals surface area contributed by atoms with Crippen molar-refractivity contribution in [3.63, 3.8) is 0 Å². The topological polar surface area (TPSA) is 62.2 Å². The summed E-state index contributed by atoms with van der Waals surface area (Å²) in [7, 11) is 0. The van der Waals surface area contributed by atoms with Crippen LogP contribution in [0, 0.1) is 13.8 Å². The highest BCUT2D eigenvalue weighted by Gasteiger charge is 2.17. The Labute approximate surface area is 149 Å². The van der Waals surface area contributed by atoms with Crippen LogP contribution in [0.1, 0.15) is 28.2 Å². The number of rotatable bonds is 6. The number of carbonyl (C=O) groups is 1. The zero-order chi connectivity index (χ0) is 17.6. The van der Waals surface area contributed by atoms with Crippen molar-refractivity contribution >= 4 is 5.91 Å².